The molecule has 6 heteroatoms. The Labute approximate surface area is 115 Å². The zero-order chi connectivity index (χ0) is 13.3. The topological polar surface area (TPSA) is 53.1 Å². The van der Waals surface area contributed by atoms with Crippen LogP contribution in [0.15, 0.2) is 11.6 Å². The smallest absolute Gasteiger partial charge is 0.161 e. The lowest BCUT2D eigenvalue weighted by Gasteiger charge is -2.14. The van der Waals surface area contributed by atoms with Crippen LogP contribution < -0.4 is 10.5 Å². The van der Waals surface area contributed by atoms with Gasteiger partial charge >= 0.3 is 0 Å². The zero-order valence-electron chi connectivity index (χ0n) is 10.6. The van der Waals surface area contributed by atoms with E-state index in [4.69, 9.17) is 22.1 Å². The number of aromatic nitrogens is 2. The number of rotatable bonds is 4. The Morgan fingerprint density at radius 3 is 2.83 bits per heavy atom. The van der Waals surface area contributed by atoms with Crippen molar-refractivity contribution < 1.29 is 4.74 Å². The minimum atomic E-state index is -0.311. The first kappa shape index (κ1) is 13.4. The SMILES string of the molecule is CCn1ncc(OC)c1C(N)c1scc(C)c1Cl. The standard InChI is InChI=1S/C12H16ClN3OS/c1-4-16-11(8(17-3)5-15-16)10(14)12-9(13)7(2)6-18-12/h5-6,10H,4,14H2,1-3H3. The molecule has 98 valence electrons. The molecule has 0 saturated carbocycles. The molecule has 2 rings (SSSR count). The van der Waals surface area contributed by atoms with Crippen molar-refractivity contribution >= 4 is 22.9 Å². The summed E-state index contributed by atoms with van der Waals surface area (Å²) in [6, 6.07) is -0.311. The van der Waals surface area contributed by atoms with Crippen molar-refractivity contribution in [1.82, 2.24) is 9.78 Å². The Kier molecular flexibility index (Phi) is 3.94. The number of thiophene rings is 1. The highest BCUT2D eigenvalue weighted by molar-refractivity contribution is 7.10. The van der Waals surface area contributed by atoms with E-state index in [1.807, 2.05) is 23.9 Å². The first-order valence-electron chi connectivity index (χ1n) is 5.68. The van der Waals surface area contributed by atoms with E-state index in [-0.39, 0.29) is 6.04 Å². The molecule has 1 unspecified atom stereocenters. The van der Waals surface area contributed by atoms with Crippen LogP contribution in [-0.2, 0) is 6.54 Å². The number of hydrogen-bond donors (Lipinski definition) is 1. The summed E-state index contributed by atoms with van der Waals surface area (Å²) in [6.07, 6.45) is 1.69. The van der Waals surface area contributed by atoms with E-state index in [0.717, 1.165) is 27.7 Å². The van der Waals surface area contributed by atoms with Crippen molar-refractivity contribution in [2.45, 2.75) is 26.4 Å². The summed E-state index contributed by atoms with van der Waals surface area (Å²) in [6.45, 7) is 4.74. The van der Waals surface area contributed by atoms with Crippen molar-refractivity contribution in [1.29, 1.82) is 0 Å². The van der Waals surface area contributed by atoms with Crippen LogP contribution in [0.5, 0.6) is 5.75 Å². The number of methoxy groups -OCH3 is 1. The Morgan fingerprint density at radius 2 is 2.33 bits per heavy atom. The number of halogens is 1. The molecule has 0 radical (unpaired) electrons. The molecule has 0 aromatic carbocycles. The largest absolute Gasteiger partial charge is 0.493 e. The third-order valence-corrected chi connectivity index (χ3v) is 4.66. The highest BCUT2D eigenvalue weighted by Gasteiger charge is 2.23. The normalized spacial score (nSPS) is 12.7. The van der Waals surface area contributed by atoms with E-state index in [1.54, 1.807) is 24.6 Å². The number of ether oxygens (including phenoxy) is 1. The molecule has 0 aliphatic carbocycles. The molecule has 2 aromatic heterocycles. The van der Waals surface area contributed by atoms with Gasteiger partial charge in [-0.2, -0.15) is 5.10 Å². The molecule has 2 N–H and O–H groups in total. The van der Waals surface area contributed by atoms with Gasteiger partial charge in [-0.05, 0) is 24.8 Å². The average Bonchev–Trinajstić information content (AvgIpc) is 2.93. The molecule has 0 bridgehead atoms. The highest BCUT2D eigenvalue weighted by Crippen LogP contribution is 2.37. The highest BCUT2D eigenvalue weighted by atomic mass is 35.5. The van der Waals surface area contributed by atoms with Gasteiger partial charge in [-0.25, -0.2) is 0 Å². The van der Waals surface area contributed by atoms with Crippen molar-refractivity contribution in [2.24, 2.45) is 5.73 Å². The van der Waals surface area contributed by atoms with Crippen molar-refractivity contribution in [3.05, 3.63) is 32.7 Å². The Balaban J connectivity index is 2.48. The maximum Gasteiger partial charge on any atom is 0.161 e. The van der Waals surface area contributed by atoms with Crippen LogP contribution in [0.1, 0.15) is 29.1 Å². The Bertz CT molecular complexity index is 528. The molecule has 2 heterocycles. The molecule has 2 aromatic rings. The molecule has 4 nitrogen and oxygen atoms in total. The third-order valence-electron chi connectivity index (χ3n) is 2.87. The molecular weight excluding hydrogens is 270 g/mol. The van der Waals surface area contributed by atoms with E-state index >= 15 is 0 Å². The fourth-order valence-electron chi connectivity index (χ4n) is 1.88. The van der Waals surface area contributed by atoms with Crippen LogP contribution in [0, 0.1) is 6.92 Å². The minimum Gasteiger partial charge on any atom is -0.493 e. The van der Waals surface area contributed by atoms with Crippen molar-refractivity contribution in [3.63, 3.8) is 0 Å². The summed E-state index contributed by atoms with van der Waals surface area (Å²) in [4.78, 5) is 0.947. The Hall–Kier alpha value is -1.04. The summed E-state index contributed by atoms with van der Waals surface area (Å²) < 4.78 is 7.16. The van der Waals surface area contributed by atoms with Gasteiger partial charge in [0, 0.05) is 11.4 Å². The quantitative estimate of drug-likeness (QED) is 0.939. The van der Waals surface area contributed by atoms with E-state index in [1.165, 1.54) is 0 Å². The summed E-state index contributed by atoms with van der Waals surface area (Å²) in [5.74, 6) is 0.700. The lowest BCUT2D eigenvalue weighted by Crippen LogP contribution is -2.17. The van der Waals surface area contributed by atoms with Crippen molar-refractivity contribution in [3.8, 4) is 5.75 Å². The predicted octanol–water partition coefficient (Wildman–Crippen LogP) is 2.98. The van der Waals surface area contributed by atoms with Crippen LogP contribution in [-0.4, -0.2) is 16.9 Å². The molecule has 0 aliphatic heterocycles. The van der Waals surface area contributed by atoms with E-state index in [9.17, 15) is 0 Å². The zero-order valence-corrected chi connectivity index (χ0v) is 12.2. The van der Waals surface area contributed by atoms with E-state index in [2.05, 4.69) is 5.10 Å². The molecule has 0 spiro atoms. The fraction of sp³-hybridized carbons (Fsp3) is 0.417. The van der Waals surface area contributed by atoms with Gasteiger partial charge in [-0.1, -0.05) is 11.6 Å². The van der Waals surface area contributed by atoms with Crippen LogP contribution in [0.4, 0.5) is 0 Å². The maximum atomic E-state index is 6.31. The molecular formula is C12H16ClN3OS. The maximum absolute atomic E-state index is 6.31. The second kappa shape index (κ2) is 5.30. The van der Waals surface area contributed by atoms with Crippen molar-refractivity contribution in [2.75, 3.05) is 7.11 Å². The summed E-state index contributed by atoms with van der Waals surface area (Å²) >= 11 is 7.84. The van der Waals surface area contributed by atoms with Gasteiger partial charge in [0.2, 0.25) is 0 Å². The van der Waals surface area contributed by atoms with Crippen LogP contribution >= 0.6 is 22.9 Å². The van der Waals surface area contributed by atoms with Gasteiger partial charge < -0.3 is 10.5 Å². The van der Waals surface area contributed by atoms with Crippen LogP contribution in [0.3, 0.4) is 0 Å². The average molecular weight is 286 g/mol. The molecule has 0 aliphatic rings. The van der Waals surface area contributed by atoms with Crippen LogP contribution in [0.2, 0.25) is 5.02 Å². The Morgan fingerprint density at radius 1 is 1.61 bits per heavy atom. The number of aryl methyl sites for hydroxylation is 2. The molecule has 18 heavy (non-hydrogen) atoms. The van der Waals surface area contributed by atoms with Gasteiger partial charge in [0.05, 0.1) is 24.4 Å². The molecule has 1 atom stereocenters. The molecule has 0 saturated heterocycles. The van der Waals surface area contributed by atoms with Gasteiger partial charge in [0.25, 0.3) is 0 Å². The fourth-order valence-corrected chi connectivity index (χ4v) is 3.20. The lowest BCUT2D eigenvalue weighted by atomic mass is 10.1. The van der Waals surface area contributed by atoms with Gasteiger partial charge in [0.15, 0.2) is 5.75 Å². The number of nitrogens with two attached hydrogens (primary N) is 1. The summed E-state index contributed by atoms with van der Waals surface area (Å²) in [7, 11) is 1.62. The van der Waals surface area contributed by atoms with E-state index in [0.29, 0.717) is 5.75 Å². The number of nitrogens with zero attached hydrogens (tertiary/aromatic N) is 2. The van der Waals surface area contributed by atoms with Gasteiger partial charge in [-0.3, -0.25) is 4.68 Å². The molecule has 0 amide bonds. The number of hydrogen-bond acceptors (Lipinski definition) is 4. The monoisotopic (exact) mass is 285 g/mol. The predicted molar refractivity (Wildman–Crippen MR) is 74.5 cm³/mol. The summed E-state index contributed by atoms with van der Waals surface area (Å²) in [5.41, 5.74) is 8.23. The molecule has 0 fully saturated rings. The summed E-state index contributed by atoms with van der Waals surface area (Å²) in [5, 5.41) is 7.01. The first-order chi connectivity index (χ1) is 8.60. The van der Waals surface area contributed by atoms with E-state index < -0.39 is 0 Å². The van der Waals surface area contributed by atoms with Gasteiger partial charge in [-0.15, -0.1) is 11.3 Å². The lowest BCUT2D eigenvalue weighted by molar-refractivity contribution is 0.405. The van der Waals surface area contributed by atoms with Crippen LogP contribution in [0.25, 0.3) is 0 Å². The van der Waals surface area contributed by atoms with Gasteiger partial charge in [0.1, 0.15) is 5.69 Å². The third kappa shape index (κ3) is 2.13. The minimum absolute atomic E-state index is 0.311. The first-order valence-corrected chi connectivity index (χ1v) is 6.94. The second-order valence-corrected chi connectivity index (χ2v) is 5.28. The second-order valence-electron chi connectivity index (χ2n) is 3.99.